The number of carbonyl (C=O) groups excluding carboxylic acids is 1. The molecule has 5 nitrogen and oxygen atoms in total. The number of amides is 1. The van der Waals surface area contributed by atoms with Crippen LogP contribution < -0.4 is 14.8 Å². The average molecular weight is 389 g/mol. The van der Waals surface area contributed by atoms with E-state index in [0.717, 1.165) is 11.3 Å². The third kappa shape index (κ3) is 4.15. The van der Waals surface area contributed by atoms with Crippen molar-refractivity contribution in [3.63, 3.8) is 0 Å². The molecule has 0 aliphatic heterocycles. The normalized spacial score (nSPS) is 10.4. The molecule has 0 fully saturated rings. The van der Waals surface area contributed by atoms with Gasteiger partial charge in [0.15, 0.2) is 16.6 Å². The van der Waals surface area contributed by atoms with E-state index in [4.69, 9.17) is 21.1 Å². The van der Waals surface area contributed by atoms with Crippen molar-refractivity contribution >= 4 is 34.0 Å². The number of aromatic nitrogens is 1. The smallest absolute Gasteiger partial charge is 0.257 e. The van der Waals surface area contributed by atoms with Crippen LogP contribution in [-0.4, -0.2) is 24.6 Å². The zero-order valence-corrected chi connectivity index (χ0v) is 15.9. The van der Waals surface area contributed by atoms with E-state index in [2.05, 4.69) is 10.3 Å². The van der Waals surface area contributed by atoms with Gasteiger partial charge in [-0.1, -0.05) is 23.7 Å². The second-order valence-electron chi connectivity index (χ2n) is 5.30. The van der Waals surface area contributed by atoms with Gasteiger partial charge in [-0.15, -0.1) is 11.3 Å². The summed E-state index contributed by atoms with van der Waals surface area (Å²) in [6.45, 7) is 2.36. The van der Waals surface area contributed by atoms with E-state index in [1.807, 2.05) is 24.4 Å². The highest BCUT2D eigenvalue weighted by Crippen LogP contribution is 2.29. The fourth-order valence-electron chi connectivity index (χ4n) is 2.34. The Kier molecular flexibility index (Phi) is 5.75. The number of hydrogen-bond donors (Lipinski definition) is 1. The number of methoxy groups -OCH3 is 1. The quantitative estimate of drug-likeness (QED) is 0.636. The summed E-state index contributed by atoms with van der Waals surface area (Å²) in [4.78, 5) is 17.0. The highest BCUT2D eigenvalue weighted by Gasteiger charge is 2.13. The Morgan fingerprint density at radius 3 is 2.65 bits per heavy atom. The molecule has 0 radical (unpaired) electrons. The molecule has 0 spiro atoms. The predicted molar refractivity (Wildman–Crippen MR) is 105 cm³/mol. The molecule has 1 aromatic heterocycles. The summed E-state index contributed by atoms with van der Waals surface area (Å²) in [5.41, 5.74) is 2.19. The van der Waals surface area contributed by atoms with Crippen molar-refractivity contribution in [1.82, 2.24) is 4.98 Å². The Hall–Kier alpha value is -2.57. The molecule has 1 N–H and O–H groups in total. The maximum Gasteiger partial charge on any atom is 0.257 e. The van der Waals surface area contributed by atoms with Crippen molar-refractivity contribution in [2.24, 2.45) is 0 Å². The average Bonchev–Trinajstić information content (AvgIpc) is 3.11. The monoisotopic (exact) mass is 388 g/mol. The first-order valence-electron chi connectivity index (χ1n) is 7.94. The lowest BCUT2D eigenvalue weighted by atomic mass is 10.2. The molecule has 0 aliphatic carbocycles. The SMILES string of the molecule is CCOc1cc(C(=O)Nc2nc(-c3ccc(Cl)cc3)cs2)ccc1OC. The fraction of sp³-hybridized carbons (Fsp3) is 0.158. The first kappa shape index (κ1) is 18.2. The van der Waals surface area contributed by atoms with Gasteiger partial charge >= 0.3 is 0 Å². The van der Waals surface area contributed by atoms with E-state index in [9.17, 15) is 4.79 Å². The van der Waals surface area contributed by atoms with Crippen molar-refractivity contribution in [2.75, 3.05) is 19.0 Å². The van der Waals surface area contributed by atoms with Crippen molar-refractivity contribution in [3.05, 3.63) is 58.4 Å². The minimum Gasteiger partial charge on any atom is -0.493 e. The Bertz CT molecular complexity index is 909. The molecule has 0 unspecified atom stereocenters. The maximum absolute atomic E-state index is 12.5. The van der Waals surface area contributed by atoms with E-state index < -0.39 is 0 Å². The lowest BCUT2D eigenvalue weighted by molar-refractivity contribution is 0.102. The summed E-state index contributed by atoms with van der Waals surface area (Å²) >= 11 is 7.27. The highest BCUT2D eigenvalue weighted by molar-refractivity contribution is 7.14. The molecular weight excluding hydrogens is 372 g/mol. The summed E-state index contributed by atoms with van der Waals surface area (Å²) in [6, 6.07) is 12.4. The van der Waals surface area contributed by atoms with Gasteiger partial charge in [0.05, 0.1) is 19.4 Å². The number of anilines is 1. The first-order chi connectivity index (χ1) is 12.6. The second kappa shape index (κ2) is 8.21. The Labute approximate surface area is 160 Å². The largest absolute Gasteiger partial charge is 0.493 e. The molecule has 134 valence electrons. The zero-order valence-electron chi connectivity index (χ0n) is 14.3. The third-order valence-electron chi connectivity index (χ3n) is 3.59. The van der Waals surface area contributed by atoms with E-state index in [-0.39, 0.29) is 5.91 Å². The van der Waals surface area contributed by atoms with Crippen LogP contribution in [0.2, 0.25) is 5.02 Å². The molecule has 3 aromatic rings. The summed E-state index contributed by atoms with van der Waals surface area (Å²) in [5, 5.41) is 5.89. The predicted octanol–water partition coefficient (Wildman–Crippen LogP) is 5.12. The van der Waals surface area contributed by atoms with Gasteiger partial charge in [-0.05, 0) is 37.3 Å². The topological polar surface area (TPSA) is 60.5 Å². The lowest BCUT2D eigenvalue weighted by Crippen LogP contribution is -2.12. The molecule has 0 bridgehead atoms. The number of rotatable bonds is 6. The standard InChI is InChI=1S/C19H17ClN2O3S/c1-3-25-17-10-13(6-9-16(17)24-2)18(23)22-19-21-15(11-26-19)12-4-7-14(20)8-5-12/h4-11H,3H2,1-2H3,(H,21,22,23). The highest BCUT2D eigenvalue weighted by atomic mass is 35.5. The van der Waals surface area contributed by atoms with E-state index in [1.165, 1.54) is 11.3 Å². The van der Waals surface area contributed by atoms with Gasteiger partial charge in [0.25, 0.3) is 5.91 Å². The molecule has 0 saturated heterocycles. The Morgan fingerprint density at radius 1 is 1.19 bits per heavy atom. The van der Waals surface area contributed by atoms with Crippen molar-refractivity contribution in [1.29, 1.82) is 0 Å². The maximum atomic E-state index is 12.5. The Morgan fingerprint density at radius 2 is 1.96 bits per heavy atom. The van der Waals surface area contributed by atoms with Crippen LogP contribution in [0.5, 0.6) is 11.5 Å². The lowest BCUT2D eigenvalue weighted by Gasteiger charge is -2.10. The molecule has 0 atom stereocenters. The van der Waals surface area contributed by atoms with Gasteiger partial charge in [0.2, 0.25) is 0 Å². The van der Waals surface area contributed by atoms with Crippen LogP contribution >= 0.6 is 22.9 Å². The van der Waals surface area contributed by atoms with Gasteiger partial charge in [0, 0.05) is 21.5 Å². The Balaban J connectivity index is 1.76. The molecule has 0 aliphatic rings. The summed E-state index contributed by atoms with van der Waals surface area (Å²) < 4.78 is 10.7. The third-order valence-corrected chi connectivity index (χ3v) is 4.60. The number of carbonyl (C=O) groups is 1. The van der Waals surface area contributed by atoms with Crippen molar-refractivity contribution < 1.29 is 14.3 Å². The molecule has 1 heterocycles. The summed E-state index contributed by atoms with van der Waals surface area (Å²) in [5.74, 6) is 0.858. The number of hydrogen-bond acceptors (Lipinski definition) is 5. The van der Waals surface area contributed by atoms with Crippen LogP contribution in [0.1, 0.15) is 17.3 Å². The van der Waals surface area contributed by atoms with Crippen LogP contribution in [0.25, 0.3) is 11.3 Å². The molecule has 26 heavy (non-hydrogen) atoms. The van der Waals surface area contributed by atoms with Crippen LogP contribution in [0.3, 0.4) is 0 Å². The van der Waals surface area contributed by atoms with Crippen LogP contribution in [0.15, 0.2) is 47.8 Å². The number of nitrogens with zero attached hydrogens (tertiary/aromatic N) is 1. The summed E-state index contributed by atoms with van der Waals surface area (Å²) in [7, 11) is 1.56. The second-order valence-corrected chi connectivity index (χ2v) is 6.59. The molecule has 1 amide bonds. The molecule has 7 heteroatoms. The van der Waals surface area contributed by atoms with E-state index in [0.29, 0.717) is 33.8 Å². The molecule has 0 saturated carbocycles. The molecular formula is C19H17ClN2O3S. The number of benzene rings is 2. The minimum absolute atomic E-state index is 0.259. The van der Waals surface area contributed by atoms with E-state index in [1.54, 1.807) is 37.4 Å². The minimum atomic E-state index is -0.259. The van der Waals surface area contributed by atoms with Gasteiger partial charge in [-0.2, -0.15) is 0 Å². The fourth-order valence-corrected chi connectivity index (χ4v) is 3.18. The van der Waals surface area contributed by atoms with Crippen LogP contribution in [0, 0.1) is 0 Å². The van der Waals surface area contributed by atoms with Crippen LogP contribution in [0.4, 0.5) is 5.13 Å². The number of ether oxygens (including phenoxy) is 2. The van der Waals surface area contributed by atoms with Gasteiger partial charge < -0.3 is 9.47 Å². The van der Waals surface area contributed by atoms with Gasteiger partial charge in [0.1, 0.15) is 0 Å². The van der Waals surface area contributed by atoms with E-state index >= 15 is 0 Å². The van der Waals surface area contributed by atoms with Gasteiger partial charge in [-0.25, -0.2) is 4.98 Å². The van der Waals surface area contributed by atoms with Crippen molar-refractivity contribution in [2.45, 2.75) is 6.92 Å². The van der Waals surface area contributed by atoms with Gasteiger partial charge in [-0.3, -0.25) is 10.1 Å². The van der Waals surface area contributed by atoms with Crippen LogP contribution in [-0.2, 0) is 0 Å². The number of nitrogens with one attached hydrogen (secondary N) is 1. The number of thiazole rings is 1. The molecule has 2 aromatic carbocycles. The summed E-state index contributed by atoms with van der Waals surface area (Å²) in [6.07, 6.45) is 0. The zero-order chi connectivity index (χ0) is 18.5. The number of halogens is 1. The molecule has 3 rings (SSSR count). The first-order valence-corrected chi connectivity index (χ1v) is 9.20. The van der Waals surface area contributed by atoms with Crippen molar-refractivity contribution in [3.8, 4) is 22.8 Å².